The van der Waals surface area contributed by atoms with Gasteiger partial charge in [-0.25, -0.2) is 4.99 Å². The van der Waals surface area contributed by atoms with Crippen molar-refractivity contribution in [2.45, 2.75) is 25.9 Å². The van der Waals surface area contributed by atoms with Crippen LogP contribution >= 0.6 is 11.8 Å². The van der Waals surface area contributed by atoms with E-state index in [1.807, 2.05) is 60.7 Å². The van der Waals surface area contributed by atoms with E-state index >= 15 is 0 Å². The zero-order chi connectivity index (χ0) is 25.9. The highest BCUT2D eigenvalue weighted by molar-refractivity contribution is 8.14. The Morgan fingerprint density at radius 3 is 2.73 bits per heavy atom. The molecule has 2 aromatic carbocycles. The number of ether oxygens (including phenoxy) is 2. The summed E-state index contributed by atoms with van der Waals surface area (Å²) in [6.45, 7) is 2.93. The smallest absolute Gasteiger partial charge is 0.309 e. The Labute approximate surface area is 220 Å². The number of fused-ring (bicyclic) bond motifs is 1. The summed E-state index contributed by atoms with van der Waals surface area (Å²) in [6.07, 6.45) is 5.77. The maximum atomic E-state index is 12.4. The van der Waals surface area contributed by atoms with Gasteiger partial charge >= 0.3 is 5.97 Å². The molecule has 1 unspecified atom stereocenters. The molecule has 8 nitrogen and oxygen atoms in total. The van der Waals surface area contributed by atoms with Gasteiger partial charge in [-0.15, -0.1) is 0 Å². The van der Waals surface area contributed by atoms with Crippen LogP contribution in [-0.4, -0.2) is 47.3 Å². The third-order valence-corrected chi connectivity index (χ3v) is 6.43. The molecule has 0 bridgehead atoms. The molecule has 1 aliphatic heterocycles. The molecule has 0 radical (unpaired) electrons. The van der Waals surface area contributed by atoms with Gasteiger partial charge in [-0.2, -0.15) is 0 Å². The number of amides is 1. The maximum absolute atomic E-state index is 12.4. The number of benzene rings is 2. The number of rotatable bonds is 8. The van der Waals surface area contributed by atoms with Crippen LogP contribution in [0.15, 0.2) is 77.9 Å². The van der Waals surface area contributed by atoms with Gasteiger partial charge in [0.2, 0.25) is 5.91 Å². The van der Waals surface area contributed by atoms with Crippen LogP contribution in [0.2, 0.25) is 0 Å². The van der Waals surface area contributed by atoms with Gasteiger partial charge in [-0.05, 0) is 55.3 Å². The number of carbonyl (C=O) groups excluding carboxylic acids is 2. The van der Waals surface area contributed by atoms with Crippen LogP contribution in [0.4, 0.5) is 5.69 Å². The summed E-state index contributed by atoms with van der Waals surface area (Å²) in [7, 11) is 0. The molecule has 1 amide bonds. The van der Waals surface area contributed by atoms with Crippen molar-refractivity contribution in [1.29, 1.82) is 0 Å². The number of thioether (sulfide) groups is 1. The summed E-state index contributed by atoms with van der Waals surface area (Å²) in [5.74, 6) is -0.536. The lowest BCUT2D eigenvalue weighted by atomic mass is 10.0. The predicted octanol–water partition coefficient (Wildman–Crippen LogP) is 4.84. The number of amidine groups is 1. The van der Waals surface area contributed by atoms with E-state index in [-0.39, 0.29) is 23.7 Å². The first kappa shape index (κ1) is 26.4. The first-order chi connectivity index (χ1) is 18.1. The van der Waals surface area contributed by atoms with Crippen LogP contribution in [0.1, 0.15) is 25.3 Å². The minimum atomic E-state index is -0.531. The lowest BCUT2D eigenvalue weighted by Gasteiger charge is -2.20. The average Bonchev–Trinajstić information content (AvgIpc) is 2.93. The maximum Gasteiger partial charge on any atom is 0.309 e. The normalized spacial score (nSPS) is 15.4. The summed E-state index contributed by atoms with van der Waals surface area (Å²) < 4.78 is 10.8. The highest BCUT2D eigenvalue weighted by Gasteiger charge is 2.23. The second-order valence-corrected chi connectivity index (χ2v) is 9.39. The molecule has 1 atom stereocenters. The van der Waals surface area contributed by atoms with Crippen molar-refractivity contribution in [1.82, 2.24) is 10.3 Å². The zero-order valence-corrected chi connectivity index (χ0v) is 21.4. The number of hydrogen-bond acceptors (Lipinski definition) is 7. The molecule has 37 heavy (non-hydrogen) atoms. The Balaban J connectivity index is 1.43. The molecule has 3 aromatic rings. The number of aromatic nitrogens is 1. The Hall–Kier alpha value is -3.69. The van der Waals surface area contributed by atoms with Crippen molar-refractivity contribution in [3.63, 3.8) is 0 Å². The molecule has 192 valence electrons. The summed E-state index contributed by atoms with van der Waals surface area (Å²) in [5, 5.41) is 7.64. The van der Waals surface area contributed by atoms with Gasteiger partial charge in [0.1, 0.15) is 12.1 Å². The number of esters is 1. The number of aliphatic imine (C=N–C) groups is 1. The molecule has 2 heterocycles. The first-order valence-corrected chi connectivity index (χ1v) is 13.2. The Kier molecular flexibility index (Phi) is 9.67. The van der Waals surface area contributed by atoms with E-state index in [4.69, 9.17) is 9.47 Å². The second kappa shape index (κ2) is 13.6. The summed E-state index contributed by atoms with van der Waals surface area (Å²) in [6, 6.07) is 19.3. The number of nitrogens with one attached hydrogen (secondary N) is 2. The minimum Gasteiger partial charge on any atom is -0.454 e. The fourth-order valence-electron chi connectivity index (χ4n) is 3.82. The molecule has 4 rings (SSSR count). The SMILES string of the molecule is CC(N=C(Nc1cccc2cccnc12)SCOC(=O)C1CCOCC1)NC(=O)/C=C/c1ccccc1. The van der Waals surface area contributed by atoms with Gasteiger partial charge in [0.15, 0.2) is 5.17 Å². The minimum absolute atomic E-state index is 0.0921. The molecule has 1 aromatic heterocycles. The van der Waals surface area contributed by atoms with Crippen molar-refractivity contribution >= 4 is 51.5 Å². The van der Waals surface area contributed by atoms with Gasteiger partial charge in [-0.1, -0.05) is 48.5 Å². The Morgan fingerprint density at radius 2 is 1.92 bits per heavy atom. The topological polar surface area (TPSA) is 102 Å². The van der Waals surface area contributed by atoms with Crippen molar-refractivity contribution in [2.75, 3.05) is 24.5 Å². The van der Waals surface area contributed by atoms with Crippen molar-refractivity contribution in [2.24, 2.45) is 10.9 Å². The van der Waals surface area contributed by atoms with Crippen LogP contribution in [0, 0.1) is 5.92 Å². The van der Waals surface area contributed by atoms with Crippen molar-refractivity contribution < 1.29 is 19.1 Å². The van der Waals surface area contributed by atoms with E-state index in [2.05, 4.69) is 20.6 Å². The second-order valence-electron chi connectivity index (χ2n) is 8.48. The molecule has 0 spiro atoms. The monoisotopic (exact) mass is 518 g/mol. The number of pyridine rings is 1. The molecule has 1 aliphatic rings. The van der Waals surface area contributed by atoms with Crippen LogP contribution in [0.25, 0.3) is 17.0 Å². The molecular weight excluding hydrogens is 488 g/mol. The van der Waals surface area contributed by atoms with Gasteiger partial charge in [0, 0.05) is 30.9 Å². The van der Waals surface area contributed by atoms with E-state index < -0.39 is 6.17 Å². The fourth-order valence-corrected chi connectivity index (χ4v) is 4.52. The molecule has 1 saturated heterocycles. The van der Waals surface area contributed by atoms with Crippen molar-refractivity contribution in [3.05, 3.63) is 78.5 Å². The summed E-state index contributed by atoms with van der Waals surface area (Å²) in [4.78, 5) is 34.0. The van der Waals surface area contributed by atoms with Crippen LogP contribution in [-0.2, 0) is 19.1 Å². The molecule has 2 N–H and O–H groups in total. The van der Waals surface area contributed by atoms with Gasteiger partial charge in [0.25, 0.3) is 0 Å². The molecule has 9 heteroatoms. The lowest BCUT2D eigenvalue weighted by molar-refractivity contribution is -0.149. The molecule has 1 fully saturated rings. The highest BCUT2D eigenvalue weighted by Crippen LogP contribution is 2.23. The van der Waals surface area contributed by atoms with Crippen LogP contribution in [0.5, 0.6) is 0 Å². The zero-order valence-electron chi connectivity index (χ0n) is 20.6. The fraction of sp³-hybridized carbons (Fsp3) is 0.286. The third-order valence-electron chi connectivity index (χ3n) is 5.71. The number of para-hydroxylation sites is 1. The van der Waals surface area contributed by atoms with Gasteiger partial charge in [-0.3, -0.25) is 14.6 Å². The average molecular weight is 519 g/mol. The van der Waals surface area contributed by atoms with Gasteiger partial charge < -0.3 is 20.1 Å². The van der Waals surface area contributed by atoms with Crippen LogP contribution < -0.4 is 10.6 Å². The quantitative estimate of drug-likeness (QED) is 0.145. The Morgan fingerprint density at radius 1 is 1.14 bits per heavy atom. The Bertz CT molecular complexity index is 1250. The van der Waals surface area contributed by atoms with E-state index in [0.29, 0.717) is 31.2 Å². The number of carbonyl (C=O) groups is 2. The standard InChI is InChI=1S/C28H30N4O4S/c1-20(30-25(33)13-12-21-7-3-2-4-8-21)31-28(37-19-36-27(34)23-14-17-35-18-15-23)32-24-11-5-9-22-10-6-16-29-26(22)24/h2-13,16,20,23H,14-15,17-19H2,1H3,(H,30,33)(H,31,32)/b13-12+. The number of anilines is 1. The predicted molar refractivity (Wildman–Crippen MR) is 148 cm³/mol. The largest absolute Gasteiger partial charge is 0.454 e. The lowest BCUT2D eigenvalue weighted by Crippen LogP contribution is -2.31. The van der Waals surface area contributed by atoms with Gasteiger partial charge in [0.05, 0.1) is 17.1 Å². The van der Waals surface area contributed by atoms with Crippen LogP contribution in [0.3, 0.4) is 0 Å². The van der Waals surface area contributed by atoms with E-state index in [1.54, 1.807) is 19.2 Å². The summed E-state index contributed by atoms with van der Waals surface area (Å²) in [5.41, 5.74) is 2.49. The number of hydrogen-bond donors (Lipinski definition) is 2. The number of nitrogens with zero attached hydrogens (tertiary/aromatic N) is 2. The molecule has 0 aliphatic carbocycles. The molecule has 0 saturated carbocycles. The highest BCUT2D eigenvalue weighted by atomic mass is 32.2. The van der Waals surface area contributed by atoms with E-state index in [1.165, 1.54) is 17.8 Å². The summed E-state index contributed by atoms with van der Waals surface area (Å²) >= 11 is 1.25. The van der Waals surface area contributed by atoms with E-state index in [0.717, 1.165) is 22.2 Å². The van der Waals surface area contributed by atoms with Crippen molar-refractivity contribution in [3.8, 4) is 0 Å². The molecular formula is C28H30N4O4S. The first-order valence-electron chi connectivity index (χ1n) is 12.2. The van der Waals surface area contributed by atoms with E-state index in [9.17, 15) is 9.59 Å². The third kappa shape index (κ3) is 8.16.